The van der Waals surface area contributed by atoms with Crippen LogP contribution in [0.15, 0.2) is 0 Å². The fourth-order valence-electron chi connectivity index (χ4n) is 2.14. The lowest BCUT2D eigenvalue weighted by atomic mass is 10.0. The van der Waals surface area contributed by atoms with E-state index in [1.54, 1.807) is 0 Å². The number of ether oxygens (including phenoxy) is 1. The standard InChI is InChI=1S/C11H20N2O2/c1-12-3-5-13(6-4-12)8-11(14)10-2-7-15-9-10/h10H,2-9H2,1H3. The second kappa shape index (κ2) is 5.05. The van der Waals surface area contributed by atoms with Crippen molar-refractivity contribution < 1.29 is 9.53 Å². The Balaban J connectivity index is 1.74. The van der Waals surface area contributed by atoms with E-state index in [9.17, 15) is 4.79 Å². The molecular weight excluding hydrogens is 192 g/mol. The van der Waals surface area contributed by atoms with Crippen molar-refractivity contribution in [2.75, 3.05) is 53.0 Å². The van der Waals surface area contributed by atoms with Crippen molar-refractivity contribution in [1.29, 1.82) is 0 Å². The van der Waals surface area contributed by atoms with Gasteiger partial charge >= 0.3 is 0 Å². The van der Waals surface area contributed by atoms with Gasteiger partial charge in [-0.15, -0.1) is 0 Å². The molecule has 0 N–H and O–H groups in total. The molecule has 2 rings (SSSR count). The smallest absolute Gasteiger partial charge is 0.152 e. The molecule has 4 heteroatoms. The minimum atomic E-state index is 0.171. The van der Waals surface area contributed by atoms with E-state index in [0.717, 1.165) is 39.2 Å². The summed E-state index contributed by atoms with van der Waals surface area (Å²) in [4.78, 5) is 16.4. The molecule has 0 saturated carbocycles. The third-order valence-electron chi connectivity index (χ3n) is 3.36. The fraction of sp³-hybridized carbons (Fsp3) is 0.909. The molecule has 2 saturated heterocycles. The maximum atomic E-state index is 11.9. The Morgan fingerprint density at radius 1 is 1.33 bits per heavy atom. The number of piperazine rings is 1. The van der Waals surface area contributed by atoms with Crippen LogP contribution in [0.2, 0.25) is 0 Å². The molecule has 15 heavy (non-hydrogen) atoms. The fourth-order valence-corrected chi connectivity index (χ4v) is 2.14. The summed E-state index contributed by atoms with van der Waals surface area (Å²) in [5.74, 6) is 0.543. The van der Waals surface area contributed by atoms with Gasteiger partial charge in [-0.25, -0.2) is 0 Å². The average Bonchev–Trinajstić information content (AvgIpc) is 2.74. The number of likely N-dealkylation sites (N-methyl/N-ethyl adjacent to an activating group) is 1. The summed E-state index contributed by atoms with van der Waals surface area (Å²) in [6.07, 6.45) is 0.923. The van der Waals surface area contributed by atoms with E-state index in [1.165, 1.54) is 0 Å². The third-order valence-corrected chi connectivity index (χ3v) is 3.36. The molecule has 2 fully saturated rings. The zero-order valence-electron chi connectivity index (χ0n) is 9.45. The summed E-state index contributed by atoms with van der Waals surface area (Å²) < 4.78 is 5.24. The van der Waals surface area contributed by atoms with Gasteiger partial charge in [0.15, 0.2) is 5.78 Å². The number of hydrogen-bond acceptors (Lipinski definition) is 4. The number of carbonyl (C=O) groups excluding carboxylic acids is 1. The van der Waals surface area contributed by atoms with Gasteiger partial charge in [0.1, 0.15) is 0 Å². The molecule has 2 aliphatic rings. The van der Waals surface area contributed by atoms with E-state index in [4.69, 9.17) is 4.74 Å². The summed E-state index contributed by atoms with van der Waals surface area (Å²) in [7, 11) is 2.13. The SMILES string of the molecule is CN1CCN(CC(=O)C2CCOC2)CC1. The molecule has 2 aliphatic heterocycles. The number of hydrogen-bond donors (Lipinski definition) is 0. The normalized spacial score (nSPS) is 29.5. The highest BCUT2D eigenvalue weighted by atomic mass is 16.5. The van der Waals surface area contributed by atoms with Crippen molar-refractivity contribution in [3.05, 3.63) is 0 Å². The summed E-state index contributed by atoms with van der Waals surface area (Å²) in [5, 5.41) is 0. The molecule has 1 unspecified atom stereocenters. The Kier molecular flexibility index (Phi) is 3.72. The quantitative estimate of drug-likeness (QED) is 0.651. The van der Waals surface area contributed by atoms with Crippen molar-refractivity contribution in [3.8, 4) is 0 Å². The van der Waals surface area contributed by atoms with Crippen LogP contribution in [0.5, 0.6) is 0 Å². The van der Waals surface area contributed by atoms with Crippen LogP contribution in [0.3, 0.4) is 0 Å². The molecule has 4 nitrogen and oxygen atoms in total. The molecule has 0 aliphatic carbocycles. The predicted molar refractivity (Wildman–Crippen MR) is 57.9 cm³/mol. The molecule has 0 spiro atoms. The number of nitrogens with zero attached hydrogens (tertiary/aromatic N) is 2. The molecule has 1 atom stereocenters. The highest BCUT2D eigenvalue weighted by Crippen LogP contribution is 2.14. The Labute approximate surface area is 91.2 Å². The minimum Gasteiger partial charge on any atom is -0.381 e. The van der Waals surface area contributed by atoms with Gasteiger partial charge in [0.2, 0.25) is 0 Å². The van der Waals surface area contributed by atoms with Gasteiger partial charge in [-0.2, -0.15) is 0 Å². The lowest BCUT2D eigenvalue weighted by Crippen LogP contribution is -2.47. The molecule has 2 heterocycles. The number of carbonyl (C=O) groups is 1. The number of Topliss-reactive ketones (excluding diaryl/α,β-unsaturated/α-hetero) is 1. The van der Waals surface area contributed by atoms with Crippen LogP contribution < -0.4 is 0 Å². The van der Waals surface area contributed by atoms with Gasteiger partial charge in [0, 0.05) is 38.7 Å². The van der Waals surface area contributed by atoms with Gasteiger partial charge < -0.3 is 9.64 Å². The van der Waals surface area contributed by atoms with Crippen LogP contribution in [-0.2, 0) is 9.53 Å². The lowest BCUT2D eigenvalue weighted by molar-refractivity contribution is -0.124. The highest BCUT2D eigenvalue weighted by Gasteiger charge is 2.25. The Morgan fingerprint density at radius 3 is 2.67 bits per heavy atom. The molecule has 0 amide bonds. The third kappa shape index (κ3) is 3.00. The largest absolute Gasteiger partial charge is 0.381 e. The average molecular weight is 212 g/mol. The Morgan fingerprint density at radius 2 is 2.07 bits per heavy atom. The first-order chi connectivity index (χ1) is 7.25. The van der Waals surface area contributed by atoms with Crippen molar-refractivity contribution in [2.24, 2.45) is 5.92 Å². The second-order valence-corrected chi connectivity index (χ2v) is 4.61. The van der Waals surface area contributed by atoms with E-state index < -0.39 is 0 Å². The topological polar surface area (TPSA) is 32.8 Å². The van der Waals surface area contributed by atoms with E-state index in [2.05, 4.69) is 16.8 Å². The summed E-state index contributed by atoms with van der Waals surface area (Å²) >= 11 is 0. The van der Waals surface area contributed by atoms with Crippen molar-refractivity contribution in [1.82, 2.24) is 9.80 Å². The van der Waals surface area contributed by atoms with Gasteiger partial charge in [0.05, 0.1) is 13.2 Å². The van der Waals surface area contributed by atoms with Crippen LogP contribution in [0, 0.1) is 5.92 Å². The maximum Gasteiger partial charge on any atom is 0.152 e. The predicted octanol–water partition coefficient (Wildman–Crippen LogP) is -0.161. The molecule has 86 valence electrons. The highest BCUT2D eigenvalue weighted by molar-refractivity contribution is 5.83. The van der Waals surface area contributed by atoms with Gasteiger partial charge in [-0.3, -0.25) is 9.69 Å². The van der Waals surface area contributed by atoms with Gasteiger partial charge in [-0.1, -0.05) is 0 Å². The summed E-state index contributed by atoms with van der Waals surface area (Å²) in [5.41, 5.74) is 0. The van der Waals surface area contributed by atoms with E-state index in [0.29, 0.717) is 18.9 Å². The van der Waals surface area contributed by atoms with Crippen molar-refractivity contribution in [3.63, 3.8) is 0 Å². The van der Waals surface area contributed by atoms with Crippen LogP contribution >= 0.6 is 0 Å². The van der Waals surface area contributed by atoms with E-state index >= 15 is 0 Å². The molecular formula is C11H20N2O2. The first-order valence-corrected chi connectivity index (χ1v) is 5.77. The summed E-state index contributed by atoms with van der Waals surface area (Å²) in [6, 6.07) is 0. The van der Waals surface area contributed by atoms with Crippen molar-refractivity contribution >= 4 is 5.78 Å². The van der Waals surface area contributed by atoms with Gasteiger partial charge in [-0.05, 0) is 13.5 Å². The first-order valence-electron chi connectivity index (χ1n) is 5.77. The van der Waals surface area contributed by atoms with E-state index in [1.807, 2.05) is 0 Å². The molecule has 0 bridgehead atoms. The number of ketones is 1. The van der Waals surface area contributed by atoms with Gasteiger partial charge in [0.25, 0.3) is 0 Å². The summed E-state index contributed by atoms with van der Waals surface area (Å²) in [6.45, 7) is 6.24. The minimum absolute atomic E-state index is 0.171. The Hall–Kier alpha value is -0.450. The van der Waals surface area contributed by atoms with Crippen LogP contribution in [0.25, 0.3) is 0 Å². The maximum absolute atomic E-state index is 11.9. The molecule has 0 aromatic carbocycles. The molecule has 0 radical (unpaired) electrons. The monoisotopic (exact) mass is 212 g/mol. The van der Waals surface area contributed by atoms with E-state index in [-0.39, 0.29) is 5.92 Å². The van der Waals surface area contributed by atoms with Crippen LogP contribution in [-0.4, -0.2) is 68.6 Å². The van der Waals surface area contributed by atoms with Crippen LogP contribution in [0.4, 0.5) is 0 Å². The lowest BCUT2D eigenvalue weighted by Gasteiger charge is -2.32. The second-order valence-electron chi connectivity index (χ2n) is 4.61. The molecule has 0 aromatic heterocycles. The molecule has 0 aromatic rings. The first kappa shape index (κ1) is 11.0. The zero-order chi connectivity index (χ0) is 10.7. The number of rotatable bonds is 3. The zero-order valence-corrected chi connectivity index (χ0v) is 9.45. The Bertz CT molecular complexity index is 219. The van der Waals surface area contributed by atoms with Crippen LogP contribution in [0.1, 0.15) is 6.42 Å². The van der Waals surface area contributed by atoms with Crippen molar-refractivity contribution in [2.45, 2.75) is 6.42 Å².